The predicted octanol–water partition coefficient (Wildman–Crippen LogP) is 0.591. The molecular formula is C13H18N4O3. The number of nitrogens with two attached hydrogens (primary N) is 1. The standard InChI is InChI=1S/C13H18N4O3/c1-10(14)13(18)16-8-6-15(7-9-16)11-2-4-12(5-3-11)17(19)20/h2-5,10H,6-9,14H2,1H3/t10-/m0/s1. The summed E-state index contributed by atoms with van der Waals surface area (Å²) in [6.45, 7) is 4.34. The van der Waals surface area contributed by atoms with Gasteiger partial charge < -0.3 is 15.5 Å². The van der Waals surface area contributed by atoms with Crippen LogP contribution in [0.3, 0.4) is 0 Å². The molecule has 1 aliphatic rings. The molecule has 0 aliphatic carbocycles. The van der Waals surface area contributed by atoms with Crippen LogP contribution in [0.1, 0.15) is 6.92 Å². The molecule has 0 bridgehead atoms. The first-order valence-electron chi connectivity index (χ1n) is 6.53. The van der Waals surface area contributed by atoms with Gasteiger partial charge in [-0.2, -0.15) is 0 Å². The minimum atomic E-state index is -0.471. The zero-order valence-corrected chi connectivity index (χ0v) is 11.4. The Labute approximate surface area is 117 Å². The van der Waals surface area contributed by atoms with Crippen molar-refractivity contribution in [1.82, 2.24) is 4.90 Å². The molecule has 2 N–H and O–H groups in total. The number of nitro groups is 1. The molecule has 0 radical (unpaired) electrons. The zero-order chi connectivity index (χ0) is 14.7. The molecule has 1 fully saturated rings. The average Bonchev–Trinajstić information content (AvgIpc) is 2.46. The van der Waals surface area contributed by atoms with Crippen LogP contribution in [0.4, 0.5) is 11.4 Å². The molecule has 1 saturated heterocycles. The third kappa shape index (κ3) is 3.05. The summed E-state index contributed by atoms with van der Waals surface area (Å²) in [5.74, 6) is -0.0339. The third-order valence-electron chi connectivity index (χ3n) is 3.41. The lowest BCUT2D eigenvalue weighted by Crippen LogP contribution is -2.52. The number of non-ortho nitro benzene ring substituents is 1. The van der Waals surface area contributed by atoms with E-state index in [2.05, 4.69) is 4.90 Å². The van der Waals surface area contributed by atoms with Crippen LogP contribution in [0.5, 0.6) is 0 Å². The lowest BCUT2D eigenvalue weighted by Gasteiger charge is -2.36. The van der Waals surface area contributed by atoms with Gasteiger partial charge in [-0.05, 0) is 19.1 Å². The number of benzene rings is 1. The van der Waals surface area contributed by atoms with Crippen LogP contribution in [-0.4, -0.2) is 48.0 Å². The normalized spacial score (nSPS) is 16.9. The Morgan fingerprint density at radius 1 is 1.25 bits per heavy atom. The molecule has 1 atom stereocenters. The number of hydrogen-bond donors (Lipinski definition) is 1. The van der Waals surface area contributed by atoms with E-state index in [1.807, 2.05) is 0 Å². The second-order valence-corrected chi connectivity index (χ2v) is 4.87. The molecule has 1 aliphatic heterocycles. The number of nitrogens with zero attached hydrogens (tertiary/aromatic N) is 3. The van der Waals surface area contributed by atoms with E-state index in [-0.39, 0.29) is 11.6 Å². The van der Waals surface area contributed by atoms with E-state index in [1.54, 1.807) is 24.0 Å². The Balaban J connectivity index is 1.97. The van der Waals surface area contributed by atoms with E-state index in [0.717, 1.165) is 5.69 Å². The van der Waals surface area contributed by atoms with Gasteiger partial charge in [0.1, 0.15) is 0 Å². The molecule has 0 aromatic heterocycles. The highest BCUT2D eigenvalue weighted by molar-refractivity contribution is 5.81. The SMILES string of the molecule is C[C@H](N)C(=O)N1CCN(c2ccc([N+](=O)[O-])cc2)CC1. The second kappa shape index (κ2) is 5.87. The molecule has 108 valence electrons. The second-order valence-electron chi connectivity index (χ2n) is 4.87. The molecule has 0 unspecified atom stereocenters. The van der Waals surface area contributed by atoms with Gasteiger partial charge in [0, 0.05) is 44.0 Å². The third-order valence-corrected chi connectivity index (χ3v) is 3.41. The fourth-order valence-corrected chi connectivity index (χ4v) is 2.26. The number of piperazine rings is 1. The molecule has 7 nitrogen and oxygen atoms in total. The van der Waals surface area contributed by atoms with E-state index in [1.165, 1.54) is 12.1 Å². The van der Waals surface area contributed by atoms with Crippen LogP contribution in [0.25, 0.3) is 0 Å². The Morgan fingerprint density at radius 2 is 1.80 bits per heavy atom. The van der Waals surface area contributed by atoms with Crippen molar-refractivity contribution in [2.24, 2.45) is 5.73 Å². The first-order chi connectivity index (χ1) is 9.49. The van der Waals surface area contributed by atoms with Gasteiger partial charge in [-0.15, -0.1) is 0 Å². The maximum atomic E-state index is 11.8. The maximum absolute atomic E-state index is 11.8. The van der Waals surface area contributed by atoms with Crippen molar-refractivity contribution in [2.45, 2.75) is 13.0 Å². The van der Waals surface area contributed by atoms with Crippen LogP contribution in [0, 0.1) is 10.1 Å². The Kier molecular flexibility index (Phi) is 4.19. The summed E-state index contributed by atoms with van der Waals surface area (Å²) < 4.78 is 0. The number of nitro benzene ring substituents is 1. The molecule has 0 spiro atoms. The molecule has 1 aromatic carbocycles. The van der Waals surface area contributed by atoms with Crippen LogP contribution in [-0.2, 0) is 4.79 Å². The summed E-state index contributed by atoms with van der Waals surface area (Å²) in [6.07, 6.45) is 0. The van der Waals surface area contributed by atoms with Crippen LogP contribution in [0.15, 0.2) is 24.3 Å². The van der Waals surface area contributed by atoms with Gasteiger partial charge in [0.2, 0.25) is 5.91 Å². The minimum Gasteiger partial charge on any atom is -0.368 e. The highest BCUT2D eigenvalue weighted by Gasteiger charge is 2.23. The highest BCUT2D eigenvalue weighted by atomic mass is 16.6. The quantitative estimate of drug-likeness (QED) is 0.645. The number of anilines is 1. The van der Waals surface area contributed by atoms with Gasteiger partial charge in [0.05, 0.1) is 11.0 Å². The summed E-state index contributed by atoms with van der Waals surface area (Å²) in [5, 5.41) is 10.6. The van der Waals surface area contributed by atoms with Gasteiger partial charge >= 0.3 is 0 Å². The lowest BCUT2D eigenvalue weighted by atomic mass is 10.2. The summed E-state index contributed by atoms with van der Waals surface area (Å²) in [6, 6.07) is 5.99. The van der Waals surface area contributed by atoms with Crippen molar-refractivity contribution < 1.29 is 9.72 Å². The van der Waals surface area contributed by atoms with Crippen molar-refractivity contribution in [1.29, 1.82) is 0 Å². The zero-order valence-electron chi connectivity index (χ0n) is 11.4. The first kappa shape index (κ1) is 14.3. The Morgan fingerprint density at radius 3 is 2.25 bits per heavy atom. The molecule has 1 aromatic rings. The molecule has 1 heterocycles. The molecule has 0 saturated carbocycles. The van der Waals surface area contributed by atoms with Gasteiger partial charge in [-0.25, -0.2) is 0 Å². The average molecular weight is 278 g/mol. The largest absolute Gasteiger partial charge is 0.368 e. The van der Waals surface area contributed by atoms with Crippen LogP contribution < -0.4 is 10.6 Å². The van der Waals surface area contributed by atoms with E-state index >= 15 is 0 Å². The van der Waals surface area contributed by atoms with Crippen molar-refractivity contribution in [3.63, 3.8) is 0 Å². The first-order valence-corrected chi connectivity index (χ1v) is 6.53. The van der Waals surface area contributed by atoms with E-state index < -0.39 is 11.0 Å². The minimum absolute atomic E-state index is 0.0339. The summed E-state index contributed by atoms with van der Waals surface area (Å²) >= 11 is 0. The van der Waals surface area contributed by atoms with Crippen molar-refractivity contribution in [2.75, 3.05) is 31.1 Å². The van der Waals surface area contributed by atoms with E-state index in [0.29, 0.717) is 26.2 Å². The predicted molar refractivity (Wildman–Crippen MR) is 75.5 cm³/mol. The van der Waals surface area contributed by atoms with Gasteiger partial charge in [0.25, 0.3) is 5.69 Å². The van der Waals surface area contributed by atoms with Gasteiger partial charge in [-0.3, -0.25) is 14.9 Å². The van der Waals surface area contributed by atoms with Crippen molar-refractivity contribution >= 4 is 17.3 Å². The fraction of sp³-hybridized carbons (Fsp3) is 0.462. The number of amides is 1. The maximum Gasteiger partial charge on any atom is 0.269 e. The molecule has 20 heavy (non-hydrogen) atoms. The van der Waals surface area contributed by atoms with Crippen molar-refractivity contribution in [3.8, 4) is 0 Å². The number of hydrogen-bond acceptors (Lipinski definition) is 5. The molecular weight excluding hydrogens is 260 g/mol. The van der Waals surface area contributed by atoms with Gasteiger partial charge in [-0.1, -0.05) is 0 Å². The molecule has 2 rings (SSSR count). The summed E-state index contributed by atoms with van der Waals surface area (Å²) in [7, 11) is 0. The number of rotatable bonds is 3. The monoisotopic (exact) mass is 278 g/mol. The molecule has 1 amide bonds. The number of carbonyl (C=O) groups is 1. The van der Waals surface area contributed by atoms with Crippen LogP contribution in [0.2, 0.25) is 0 Å². The topological polar surface area (TPSA) is 92.7 Å². The summed E-state index contributed by atoms with van der Waals surface area (Å²) in [5.41, 5.74) is 6.61. The smallest absolute Gasteiger partial charge is 0.269 e. The lowest BCUT2D eigenvalue weighted by molar-refractivity contribution is -0.384. The highest BCUT2D eigenvalue weighted by Crippen LogP contribution is 2.20. The fourth-order valence-electron chi connectivity index (χ4n) is 2.26. The van der Waals surface area contributed by atoms with Gasteiger partial charge in [0.15, 0.2) is 0 Å². The Bertz CT molecular complexity index is 493. The summed E-state index contributed by atoms with van der Waals surface area (Å²) in [4.78, 5) is 25.8. The number of carbonyl (C=O) groups excluding carboxylic acids is 1. The Hall–Kier alpha value is -2.15. The van der Waals surface area contributed by atoms with Crippen LogP contribution >= 0.6 is 0 Å². The van der Waals surface area contributed by atoms with E-state index in [4.69, 9.17) is 5.73 Å². The van der Waals surface area contributed by atoms with Crippen molar-refractivity contribution in [3.05, 3.63) is 34.4 Å². The molecule has 7 heteroatoms. The van der Waals surface area contributed by atoms with E-state index in [9.17, 15) is 14.9 Å².